The molecule has 0 aliphatic rings. The first-order valence-electron chi connectivity index (χ1n) is 8.77. The van der Waals surface area contributed by atoms with Crippen LogP contribution < -0.4 is 0 Å². The summed E-state index contributed by atoms with van der Waals surface area (Å²) in [4.78, 5) is 43.1. The Morgan fingerprint density at radius 2 is 1.07 bits per heavy atom. The zero-order valence-electron chi connectivity index (χ0n) is 16.0. The van der Waals surface area contributed by atoms with E-state index in [0.717, 1.165) is 0 Å². The van der Waals surface area contributed by atoms with Crippen LogP contribution in [0.2, 0.25) is 0 Å². The van der Waals surface area contributed by atoms with Gasteiger partial charge in [-0.15, -0.1) is 0 Å². The summed E-state index contributed by atoms with van der Waals surface area (Å²) in [7, 11) is 1.32. The molecular formula is C17H28O11. The van der Waals surface area contributed by atoms with Crippen molar-refractivity contribution < 1.29 is 52.7 Å². The molecule has 0 saturated heterocycles. The smallest absolute Gasteiger partial charge is 0.372 e. The van der Waals surface area contributed by atoms with Crippen LogP contribution in [-0.2, 0) is 47.6 Å². The van der Waals surface area contributed by atoms with Crippen LogP contribution >= 0.6 is 0 Å². The summed E-state index contributed by atoms with van der Waals surface area (Å²) in [5, 5.41) is 8.37. The molecule has 28 heavy (non-hydrogen) atoms. The second-order valence-electron chi connectivity index (χ2n) is 5.22. The molecular weight excluding hydrogens is 380 g/mol. The van der Waals surface area contributed by atoms with Gasteiger partial charge in [0.2, 0.25) is 5.78 Å². The molecule has 0 fully saturated rings. The van der Waals surface area contributed by atoms with Crippen LogP contribution in [-0.4, -0.2) is 95.4 Å². The highest BCUT2D eigenvalue weighted by Gasteiger charge is 2.14. The molecule has 0 bridgehead atoms. The van der Waals surface area contributed by atoms with E-state index in [0.29, 0.717) is 46.2 Å². The van der Waals surface area contributed by atoms with Gasteiger partial charge < -0.3 is 33.5 Å². The van der Waals surface area contributed by atoms with Crippen LogP contribution in [0.15, 0.2) is 0 Å². The van der Waals surface area contributed by atoms with Crippen molar-refractivity contribution in [2.45, 2.75) is 19.3 Å². The summed E-state index contributed by atoms with van der Waals surface area (Å²) in [5.41, 5.74) is 0. The van der Waals surface area contributed by atoms with Crippen molar-refractivity contribution in [2.24, 2.45) is 0 Å². The molecule has 11 heteroatoms. The monoisotopic (exact) mass is 408 g/mol. The van der Waals surface area contributed by atoms with E-state index in [4.69, 9.17) is 28.8 Å². The van der Waals surface area contributed by atoms with Gasteiger partial charge in [0.15, 0.2) is 0 Å². The minimum Gasteiger partial charge on any atom is -0.476 e. The number of ether oxygens (including phenoxy) is 6. The van der Waals surface area contributed by atoms with Crippen molar-refractivity contribution in [3.63, 3.8) is 0 Å². The minimum atomic E-state index is -1.56. The molecule has 0 aliphatic heterocycles. The largest absolute Gasteiger partial charge is 0.476 e. The first-order valence-corrected chi connectivity index (χ1v) is 8.77. The van der Waals surface area contributed by atoms with Gasteiger partial charge in [0.1, 0.15) is 6.61 Å². The van der Waals surface area contributed by atoms with Crippen LogP contribution in [0.5, 0.6) is 0 Å². The Morgan fingerprint density at radius 1 is 0.607 bits per heavy atom. The molecule has 0 aliphatic carbocycles. The fourth-order valence-electron chi connectivity index (χ4n) is 1.63. The molecule has 0 unspecified atom stereocenters. The molecule has 0 saturated carbocycles. The Balaban J connectivity index is 3.23. The van der Waals surface area contributed by atoms with E-state index in [-0.39, 0.29) is 38.4 Å². The lowest BCUT2D eigenvalue weighted by atomic mass is 10.2. The molecule has 162 valence electrons. The number of carboxylic acid groups (broad SMARTS) is 1. The fraction of sp³-hybridized carbons (Fsp3) is 0.765. The van der Waals surface area contributed by atoms with Crippen molar-refractivity contribution in [3.8, 4) is 0 Å². The molecule has 0 spiro atoms. The van der Waals surface area contributed by atoms with Gasteiger partial charge in [0, 0.05) is 6.42 Å². The highest BCUT2D eigenvalue weighted by molar-refractivity contribution is 6.32. The third kappa shape index (κ3) is 17.3. The first kappa shape index (κ1) is 25.9. The number of carboxylic acids is 1. The molecule has 0 aromatic rings. The molecule has 1 N–H and O–H groups in total. The molecule has 0 aromatic heterocycles. The number of carbonyl (C=O) groups is 4. The number of esters is 2. The van der Waals surface area contributed by atoms with E-state index in [9.17, 15) is 19.2 Å². The van der Waals surface area contributed by atoms with Crippen LogP contribution in [0.25, 0.3) is 0 Å². The molecule has 0 rings (SSSR count). The summed E-state index contributed by atoms with van der Waals surface area (Å²) in [6, 6.07) is 0. The summed E-state index contributed by atoms with van der Waals surface area (Å²) in [6.45, 7) is 2.69. The number of hydrogen-bond acceptors (Lipinski definition) is 10. The van der Waals surface area contributed by atoms with E-state index in [1.165, 1.54) is 7.11 Å². The average molecular weight is 408 g/mol. The summed E-state index contributed by atoms with van der Waals surface area (Å²) in [6.07, 6.45) is -0.446. The van der Waals surface area contributed by atoms with Crippen LogP contribution in [0.4, 0.5) is 0 Å². The van der Waals surface area contributed by atoms with Crippen LogP contribution in [0.3, 0.4) is 0 Å². The second kappa shape index (κ2) is 18.3. The maximum absolute atomic E-state index is 11.2. The Kier molecular flexibility index (Phi) is 16.9. The number of aliphatic carboxylic acids is 1. The van der Waals surface area contributed by atoms with E-state index in [2.05, 4.69) is 4.74 Å². The number of carbonyl (C=O) groups excluding carboxylic acids is 3. The van der Waals surface area contributed by atoms with Crippen molar-refractivity contribution in [3.05, 3.63) is 0 Å². The zero-order chi connectivity index (χ0) is 21.0. The number of methoxy groups -OCH3 is 1. The first-order chi connectivity index (χ1) is 13.5. The lowest BCUT2D eigenvalue weighted by Gasteiger charge is -2.08. The van der Waals surface area contributed by atoms with E-state index in [1.807, 2.05) is 0 Å². The van der Waals surface area contributed by atoms with Gasteiger partial charge in [-0.3, -0.25) is 14.4 Å². The molecule has 0 atom stereocenters. The van der Waals surface area contributed by atoms with Crippen molar-refractivity contribution in [1.29, 1.82) is 0 Å². The Morgan fingerprint density at radius 3 is 1.54 bits per heavy atom. The van der Waals surface area contributed by atoms with Crippen LogP contribution in [0.1, 0.15) is 19.3 Å². The molecule has 0 aromatic carbocycles. The fourth-order valence-corrected chi connectivity index (χ4v) is 1.63. The Labute approximate surface area is 163 Å². The van der Waals surface area contributed by atoms with Gasteiger partial charge in [-0.1, -0.05) is 0 Å². The third-order valence-electron chi connectivity index (χ3n) is 3.08. The van der Waals surface area contributed by atoms with Crippen molar-refractivity contribution in [2.75, 3.05) is 66.6 Å². The predicted octanol–water partition coefficient (Wildman–Crippen LogP) is -0.407. The maximum Gasteiger partial charge on any atom is 0.372 e. The molecule has 0 radical (unpaired) electrons. The van der Waals surface area contributed by atoms with Crippen molar-refractivity contribution >= 4 is 23.7 Å². The quantitative estimate of drug-likeness (QED) is 0.169. The summed E-state index contributed by atoms with van der Waals surface area (Å²) in [5.74, 6) is -3.56. The zero-order valence-corrected chi connectivity index (χ0v) is 16.0. The topological polar surface area (TPSA) is 144 Å². The number of ketones is 1. The predicted molar refractivity (Wildman–Crippen MR) is 92.7 cm³/mol. The van der Waals surface area contributed by atoms with E-state index in [1.54, 1.807) is 0 Å². The van der Waals surface area contributed by atoms with Gasteiger partial charge in [-0.25, -0.2) is 4.79 Å². The standard InChI is InChI=1S/C17H28O11/c1-23-15(19)4-5-24-6-7-25-8-9-26-10-11-27-12-13-28-16(20)3-2-14(18)17(21)22/h2-13H2,1H3,(H,21,22). The lowest BCUT2D eigenvalue weighted by Crippen LogP contribution is -2.17. The van der Waals surface area contributed by atoms with Gasteiger partial charge in [-0.2, -0.15) is 0 Å². The molecule has 0 heterocycles. The SMILES string of the molecule is COC(=O)CCOCCOCCOCCOCCOC(=O)CCC(=O)C(=O)O. The summed E-state index contributed by atoms with van der Waals surface area (Å²) >= 11 is 0. The maximum atomic E-state index is 11.2. The number of Topliss-reactive ketones (excluding diaryl/α,β-unsaturated/α-hetero) is 1. The van der Waals surface area contributed by atoms with E-state index >= 15 is 0 Å². The Hall–Kier alpha value is -2.08. The van der Waals surface area contributed by atoms with Gasteiger partial charge >= 0.3 is 17.9 Å². The number of rotatable bonds is 19. The molecule has 11 nitrogen and oxygen atoms in total. The van der Waals surface area contributed by atoms with Gasteiger partial charge in [0.25, 0.3) is 0 Å². The van der Waals surface area contributed by atoms with Gasteiger partial charge in [-0.05, 0) is 0 Å². The average Bonchev–Trinajstić information content (AvgIpc) is 2.68. The summed E-state index contributed by atoms with van der Waals surface area (Å²) < 4.78 is 30.2. The number of hydrogen-bond donors (Lipinski definition) is 1. The van der Waals surface area contributed by atoms with Crippen molar-refractivity contribution in [1.82, 2.24) is 0 Å². The van der Waals surface area contributed by atoms with E-state index < -0.39 is 17.7 Å². The second-order valence-corrected chi connectivity index (χ2v) is 5.22. The third-order valence-corrected chi connectivity index (χ3v) is 3.08. The highest BCUT2D eigenvalue weighted by Crippen LogP contribution is 1.95. The van der Waals surface area contributed by atoms with Crippen LogP contribution in [0, 0.1) is 0 Å². The minimum absolute atomic E-state index is 0.0131. The Bertz CT molecular complexity index is 464. The lowest BCUT2D eigenvalue weighted by molar-refractivity contribution is -0.151. The highest BCUT2D eigenvalue weighted by atomic mass is 16.6. The molecule has 0 amide bonds. The van der Waals surface area contributed by atoms with Gasteiger partial charge in [0.05, 0.1) is 72.8 Å². The normalized spacial score (nSPS) is 10.5.